The Kier molecular flexibility index (Phi) is 3.06. The van der Waals surface area contributed by atoms with E-state index < -0.39 is 18.1 Å². The lowest BCUT2D eigenvalue weighted by Gasteiger charge is -2.50. The zero-order valence-electron chi connectivity index (χ0n) is 11.2. The lowest BCUT2D eigenvalue weighted by molar-refractivity contribution is -0.360. The van der Waals surface area contributed by atoms with Crippen LogP contribution in [0.1, 0.15) is 13.8 Å². The molecule has 3 aliphatic rings. The van der Waals surface area contributed by atoms with Crippen molar-refractivity contribution in [3.63, 3.8) is 0 Å². The lowest BCUT2D eigenvalue weighted by Crippen LogP contribution is -2.69. The van der Waals surface area contributed by atoms with Crippen molar-refractivity contribution in [2.24, 2.45) is 17.6 Å². The predicted octanol–water partition coefficient (Wildman–Crippen LogP) is -0.417. The van der Waals surface area contributed by atoms with Gasteiger partial charge in [-0.1, -0.05) is 0 Å². The van der Waals surface area contributed by atoms with Gasteiger partial charge in [-0.3, -0.25) is 4.79 Å². The molecule has 7 atom stereocenters. The highest BCUT2D eigenvalue weighted by atomic mass is 16.7. The van der Waals surface area contributed by atoms with E-state index in [0.29, 0.717) is 6.61 Å². The Hall–Kier alpha value is -0.730. The molecule has 7 heteroatoms. The normalized spacial score (nSPS) is 52.0. The summed E-state index contributed by atoms with van der Waals surface area (Å²) in [5.74, 6) is -0.757. The quantitative estimate of drug-likeness (QED) is 0.684. The Morgan fingerprint density at radius 1 is 1.47 bits per heavy atom. The molecule has 1 saturated carbocycles. The molecule has 2 heterocycles. The largest absolute Gasteiger partial charge is 0.459 e. The zero-order valence-corrected chi connectivity index (χ0v) is 11.2. The number of fused-ring (bicyclic) bond motifs is 3. The van der Waals surface area contributed by atoms with E-state index in [1.54, 1.807) is 6.92 Å². The first-order valence-electron chi connectivity index (χ1n) is 6.41. The molecule has 2 saturated heterocycles. The Bertz CT molecular complexity index is 390. The van der Waals surface area contributed by atoms with Gasteiger partial charge < -0.3 is 29.4 Å². The summed E-state index contributed by atoms with van der Waals surface area (Å²) in [7, 11) is 1.54. The summed E-state index contributed by atoms with van der Waals surface area (Å²) in [6.07, 6.45) is -1.60. The van der Waals surface area contributed by atoms with Crippen molar-refractivity contribution in [1.82, 2.24) is 0 Å². The van der Waals surface area contributed by atoms with E-state index in [9.17, 15) is 4.79 Å². The van der Waals surface area contributed by atoms with Crippen LogP contribution in [0.4, 0.5) is 0 Å². The van der Waals surface area contributed by atoms with Crippen LogP contribution in [0.5, 0.6) is 0 Å². The van der Waals surface area contributed by atoms with Crippen molar-refractivity contribution in [2.75, 3.05) is 13.7 Å². The second kappa shape index (κ2) is 4.39. The van der Waals surface area contributed by atoms with Gasteiger partial charge in [-0.15, -0.1) is 0 Å². The van der Waals surface area contributed by atoms with Gasteiger partial charge >= 0.3 is 5.97 Å². The first-order chi connectivity index (χ1) is 8.97. The summed E-state index contributed by atoms with van der Waals surface area (Å²) in [4.78, 5) is 11.3. The van der Waals surface area contributed by atoms with Crippen LogP contribution in [0.15, 0.2) is 0 Å². The van der Waals surface area contributed by atoms with Crippen LogP contribution >= 0.6 is 0 Å². The maximum absolute atomic E-state index is 11.3. The zero-order chi connectivity index (χ0) is 13.8. The van der Waals surface area contributed by atoms with E-state index in [-0.39, 0.29) is 30.2 Å². The fourth-order valence-corrected chi connectivity index (χ4v) is 3.35. The summed E-state index contributed by atoms with van der Waals surface area (Å²) in [5, 5.41) is 0. The molecule has 7 unspecified atom stereocenters. The topological polar surface area (TPSA) is 89.2 Å². The first kappa shape index (κ1) is 13.3. The molecule has 7 nitrogen and oxygen atoms in total. The maximum Gasteiger partial charge on any atom is 0.303 e. The highest BCUT2D eigenvalue weighted by Gasteiger charge is 2.72. The number of hydrogen-bond donors (Lipinski definition) is 1. The predicted molar refractivity (Wildman–Crippen MR) is 61.6 cm³/mol. The summed E-state index contributed by atoms with van der Waals surface area (Å²) < 4.78 is 27.5. The van der Waals surface area contributed by atoms with E-state index in [1.807, 2.05) is 0 Å². The minimum atomic E-state index is -0.911. The molecule has 0 radical (unpaired) electrons. The summed E-state index contributed by atoms with van der Waals surface area (Å²) >= 11 is 0. The number of methoxy groups -OCH3 is 1. The Labute approximate surface area is 111 Å². The average molecular weight is 273 g/mol. The Balaban J connectivity index is 1.88. The molecular formula is C12H19NO6. The van der Waals surface area contributed by atoms with E-state index in [2.05, 4.69) is 0 Å². The second-order valence-corrected chi connectivity index (χ2v) is 5.28. The molecule has 0 spiro atoms. The van der Waals surface area contributed by atoms with Gasteiger partial charge in [-0.2, -0.15) is 0 Å². The standard InChI is InChI=1S/C12H19NO6/c1-5(14)17-10-8-11(15-3)19-12(8,13)7-4-16-6(2)18-9(7)10/h6-11H,4,13H2,1-3H3. The second-order valence-electron chi connectivity index (χ2n) is 5.28. The van der Waals surface area contributed by atoms with Crippen LogP contribution in [-0.2, 0) is 28.5 Å². The molecule has 3 fully saturated rings. The van der Waals surface area contributed by atoms with Gasteiger partial charge in [0.05, 0.1) is 18.4 Å². The third kappa shape index (κ3) is 1.80. The molecular weight excluding hydrogens is 254 g/mol. The van der Waals surface area contributed by atoms with Crippen LogP contribution in [0.3, 0.4) is 0 Å². The monoisotopic (exact) mass is 273 g/mol. The van der Waals surface area contributed by atoms with Gasteiger partial charge in [0.2, 0.25) is 0 Å². The minimum absolute atomic E-state index is 0.163. The van der Waals surface area contributed by atoms with Gasteiger partial charge in [0.1, 0.15) is 17.9 Å². The van der Waals surface area contributed by atoms with E-state index >= 15 is 0 Å². The van der Waals surface area contributed by atoms with Crippen molar-refractivity contribution < 1.29 is 28.5 Å². The van der Waals surface area contributed by atoms with Gasteiger partial charge in [-0.25, -0.2) is 0 Å². The molecule has 2 aliphatic heterocycles. The Morgan fingerprint density at radius 2 is 2.21 bits per heavy atom. The van der Waals surface area contributed by atoms with E-state index in [4.69, 9.17) is 29.4 Å². The van der Waals surface area contributed by atoms with E-state index in [0.717, 1.165) is 0 Å². The van der Waals surface area contributed by atoms with Crippen molar-refractivity contribution in [3.8, 4) is 0 Å². The molecule has 0 amide bonds. The highest BCUT2D eigenvalue weighted by molar-refractivity contribution is 5.66. The maximum atomic E-state index is 11.3. The van der Waals surface area contributed by atoms with Gasteiger partial charge in [-0.05, 0) is 6.92 Å². The number of hydrogen-bond acceptors (Lipinski definition) is 7. The molecule has 1 aliphatic carbocycles. The molecule has 0 aromatic rings. The van der Waals surface area contributed by atoms with Crippen LogP contribution in [0, 0.1) is 11.8 Å². The van der Waals surface area contributed by atoms with Crippen LogP contribution in [0.25, 0.3) is 0 Å². The molecule has 0 aromatic carbocycles. The van der Waals surface area contributed by atoms with Crippen molar-refractivity contribution in [3.05, 3.63) is 0 Å². The van der Waals surface area contributed by atoms with Gasteiger partial charge in [0, 0.05) is 14.0 Å². The number of nitrogens with two attached hydrogens (primary N) is 1. The van der Waals surface area contributed by atoms with Gasteiger partial charge in [0.15, 0.2) is 12.6 Å². The smallest absolute Gasteiger partial charge is 0.303 e. The number of esters is 1. The van der Waals surface area contributed by atoms with Crippen molar-refractivity contribution in [2.45, 2.75) is 44.4 Å². The average Bonchev–Trinajstić information content (AvgIpc) is 2.49. The molecule has 19 heavy (non-hydrogen) atoms. The minimum Gasteiger partial charge on any atom is -0.459 e. The van der Waals surface area contributed by atoms with Crippen LogP contribution < -0.4 is 5.73 Å². The summed E-state index contributed by atoms with van der Waals surface area (Å²) in [5.41, 5.74) is 5.38. The molecule has 0 bridgehead atoms. The van der Waals surface area contributed by atoms with Crippen molar-refractivity contribution in [1.29, 1.82) is 0 Å². The number of ether oxygens (including phenoxy) is 5. The third-order valence-electron chi connectivity index (χ3n) is 4.18. The number of carbonyl (C=O) groups excluding carboxylic acids is 1. The SMILES string of the molecule is COC1OC2(N)C3COC(C)OC3C(OC(C)=O)C12. The third-order valence-corrected chi connectivity index (χ3v) is 4.18. The van der Waals surface area contributed by atoms with Crippen LogP contribution in [0.2, 0.25) is 0 Å². The molecule has 2 N–H and O–H groups in total. The van der Waals surface area contributed by atoms with Crippen molar-refractivity contribution >= 4 is 5.97 Å². The fourth-order valence-electron chi connectivity index (χ4n) is 3.35. The number of carbonyl (C=O) groups is 1. The number of rotatable bonds is 2. The molecule has 0 aromatic heterocycles. The molecule has 108 valence electrons. The Morgan fingerprint density at radius 3 is 2.84 bits per heavy atom. The summed E-state index contributed by atoms with van der Waals surface area (Å²) in [6, 6.07) is 0. The lowest BCUT2D eigenvalue weighted by atomic mass is 9.87. The highest BCUT2D eigenvalue weighted by Crippen LogP contribution is 2.54. The van der Waals surface area contributed by atoms with E-state index in [1.165, 1.54) is 14.0 Å². The van der Waals surface area contributed by atoms with Gasteiger partial charge in [0.25, 0.3) is 0 Å². The fraction of sp³-hybridized carbons (Fsp3) is 0.917. The van der Waals surface area contributed by atoms with Crippen LogP contribution in [-0.4, -0.2) is 50.2 Å². The summed E-state index contributed by atoms with van der Waals surface area (Å²) in [6.45, 7) is 3.60. The molecule has 3 rings (SSSR count). The first-order valence-corrected chi connectivity index (χ1v) is 6.41.